The van der Waals surface area contributed by atoms with Crippen LogP contribution < -0.4 is 5.32 Å². The monoisotopic (exact) mass is 421 g/mol. The standard InChI is InChI=1S/C18H17Cl2N5OS/c1-11(17(26)22-16-15(20)8-14(19)9-21-16)27-18-24-23-12(2)25(18)10-13-6-4-3-5-7-13/h3-9,11H,10H2,1-2H3,(H,21,22,26)/t11-/m1/s1. The minimum atomic E-state index is -0.420. The van der Waals surface area contributed by atoms with Crippen molar-refractivity contribution >= 4 is 46.7 Å². The number of nitrogens with one attached hydrogen (secondary N) is 1. The van der Waals surface area contributed by atoms with E-state index in [-0.39, 0.29) is 16.7 Å². The van der Waals surface area contributed by atoms with Crippen LogP contribution in [0.15, 0.2) is 47.8 Å². The van der Waals surface area contributed by atoms with Gasteiger partial charge in [-0.3, -0.25) is 4.79 Å². The number of carbonyl (C=O) groups is 1. The second kappa shape index (κ2) is 8.73. The van der Waals surface area contributed by atoms with Crippen LogP contribution in [0.2, 0.25) is 10.0 Å². The lowest BCUT2D eigenvalue weighted by Gasteiger charge is -2.13. The summed E-state index contributed by atoms with van der Waals surface area (Å²) < 4.78 is 1.98. The number of nitrogens with zero attached hydrogens (tertiary/aromatic N) is 4. The van der Waals surface area contributed by atoms with Crippen molar-refractivity contribution in [3.05, 3.63) is 64.0 Å². The van der Waals surface area contributed by atoms with Gasteiger partial charge in [0.25, 0.3) is 0 Å². The van der Waals surface area contributed by atoms with E-state index in [9.17, 15) is 4.79 Å². The normalized spacial score (nSPS) is 12.0. The first-order valence-corrected chi connectivity index (χ1v) is 9.80. The van der Waals surface area contributed by atoms with E-state index in [1.165, 1.54) is 24.0 Å². The third-order valence-corrected chi connectivity index (χ3v) is 5.36. The SMILES string of the molecule is Cc1nnc(S[C@H](C)C(=O)Nc2ncc(Cl)cc2Cl)n1Cc1ccccc1. The van der Waals surface area contributed by atoms with E-state index in [4.69, 9.17) is 23.2 Å². The number of pyridine rings is 1. The third kappa shape index (κ3) is 5.00. The number of aromatic nitrogens is 4. The number of hydrogen-bond donors (Lipinski definition) is 1. The van der Waals surface area contributed by atoms with Crippen LogP contribution >= 0.6 is 35.0 Å². The van der Waals surface area contributed by atoms with Gasteiger partial charge in [-0.2, -0.15) is 0 Å². The smallest absolute Gasteiger partial charge is 0.238 e. The van der Waals surface area contributed by atoms with Gasteiger partial charge < -0.3 is 9.88 Å². The first-order chi connectivity index (χ1) is 12.9. The van der Waals surface area contributed by atoms with E-state index < -0.39 is 5.25 Å². The molecule has 1 aromatic carbocycles. The summed E-state index contributed by atoms with van der Waals surface area (Å²) in [4.78, 5) is 16.6. The zero-order valence-electron chi connectivity index (χ0n) is 14.7. The van der Waals surface area contributed by atoms with Crippen molar-refractivity contribution in [1.82, 2.24) is 19.7 Å². The highest BCUT2D eigenvalue weighted by Crippen LogP contribution is 2.26. The fourth-order valence-electron chi connectivity index (χ4n) is 2.33. The van der Waals surface area contributed by atoms with Crippen molar-refractivity contribution in [1.29, 1.82) is 0 Å². The molecule has 1 N–H and O–H groups in total. The number of benzene rings is 1. The molecule has 0 spiro atoms. The summed E-state index contributed by atoms with van der Waals surface area (Å²) in [6.45, 7) is 4.32. The zero-order chi connectivity index (χ0) is 19.4. The second-order valence-electron chi connectivity index (χ2n) is 5.83. The molecule has 140 valence electrons. The molecule has 3 aromatic rings. The van der Waals surface area contributed by atoms with E-state index in [2.05, 4.69) is 20.5 Å². The predicted molar refractivity (Wildman–Crippen MR) is 109 cm³/mol. The molecule has 0 radical (unpaired) electrons. The van der Waals surface area contributed by atoms with E-state index in [1.54, 1.807) is 6.92 Å². The van der Waals surface area contributed by atoms with Gasteiger partial charge in [0, 0.05) is 6.20 Å². The van der Waals surface area contributed by atoms with Crippen LogP contribution in [0.25, 0.3) is 0 Å². The molecule has 0 saturated carbocycles. The zero-order valence-corrected chi connectivity index (χ0v) is 17.0. The Morgan fingerprint density at radius 1 is 1.26 bits per heavy atom. The predicted octanol–water partition coefficient (Wildman–Crippen LogP) is 4.46. The van der Waals surface area contributed by atoms with E-state index >= 15 is 0 Å². The van der Waals surface area contributed by atoms with E-state index in [0.717, 1.165) is 11.4 Å². The summed E-state index contributed by atoms with van der Waals surface area (Å²) in [6.07, 6.45) is 1.43. The van der Waals surface area contributed by atoms with E-state index in [0.29, 0.717) is 16.7 Å². The first-order valence-electron chi connectivity index (χ1n) is 8.16. The summed E-state index contributed by atoms with van der Waals surface area (Å²) in [6, 6.07) is 11.6. The molecular weight excluding hydrogens is 405 g/mol. The van der Waals surface area contributed by atoms with Crippen molar-refractivity contribution in [3.8, 4) is 0 Å². The molecule has 3 rings (SSSR count). The highest BCUT2D eigenvalue weighted by atomic mass is 35.5. The largest absolute Gasteiger partial charge is 0.308 e. The molecule has 0 aliphatic carbocycles. The Bertz CT molecular complexity index is 948. The van der Waals surface area contributed by atoms with Gasteiger partial charge in [0.05, 0.1) is 21.8 Å². The molecule has 0 saturated heterocycles. The number of amides is 1. The number of thioether (sulfide) groups is 1. The van der Waals surface area contributed by atoms with Crippen molar-refractivity contribution in [3.63, 3.8) is 0 Å². The minimum absolute atomic E-state index is 0.233. The van der Waals surface area contributed by atoms with Gasteiger partial charge >= 0.3 is 0 Å². The molecule has 0 bridgehead atoms. The Labute approximate surface area is 171 Å². The van der Waals surface area contributed by atoms with Crippen molar-refractivity contribution < 1.29 is 4.79 Å². The Hall–Kier alpha value is -2.09. The van der Waals surface area contributed by atoms with Crippen molar-refractivity contribution in [2.24, 2.45) is 0 Å². The Morgan fingerprint density at radius 3 is 2.70 bits per heavy atom. The molecule has 0 unspecified atom stereocenters. The lowest BCUT2D eigenvalue weighted by molar-refractivity contribution is -0.115. The summed E-state index contributed by atoms with van der Waals surface area (Å²) in [5.74, 6) is 0.834. The summed E-state index contributed by atoms with van der Waals surface area (Å²) >= 11 is 13.2. The van der Waals surface area contributed by atoms with Crippen LogP contribution in [0.4, 0.5) is 5.82 Å². The maximum Gasteiger partial charge on any atom is 0.238 e. The summed E-state index contributed by atoms with van der Waals surface area (Å²) in [5.41, 5.74) is 1.14. The fourth-order valence-corrected chi connectivity index (χ4v) is 3.65. The molecule has 0 fully saturated rings. The van der Waals surface area contributed by atoms with Crippen LogP contribution in [-0.4, -0.2) is 30.9 Å². The topological polar surface area (TPSA) is 72.7 Å². The van der Waals surface area contributed by atoms with Gasteiger partial charge in [-0.25, -0.2) is 4.98 Å². The summed E-state index contributed by atoms with van der Waals surface area (Å²) in [5, 5.41) is 12.0. The third-order valence-electron chi connectivity index (χ3n) is 3.79. The number of anilines is 1. The number of halogens is 2. The summed E-state index contributed by atoms with van der Waals surface area (Å²) in [7, 11) is 0. The Kier molecular flexibility index (Phi) is 6.36. The number of hydrogen-bond acceptors (Lipinski definition) is 5. The van der Waals surface area contributed by atoms with Crippen LogP contribution in [0.1, 0.15) is 18.3 Å². The van der Waals surface area contributed by atoms with Crippen molar-refractivity contribution in [2.75, 3.05) is 5.32 Å². The van der Waals surface area contributed by atoms with Crippen LogP contribution in [0.3, 0.4) is 0 Å². The Balaban J connectivity index is 1.70. The molecular formula is C18H17Cl2N5OS. The molecule has 0 aliphatic heterocycles. The van der Waals surface area contributed by atoms with Crippen LogP contribution in [0.5, 0.6) is 0 Å². The number of rotatable bonds is 6. The van der Waals surface area contributed by atoms with Gasteiger partial charge in [0.15, 0.2) is 11.0 Å². The van der Waals surface area contributed by atoms with Crippen molar-refractivity contribution in [2.45, 2.75) is 30.8 Å². The molecule has 6 nitrogen and oxygen atoms in total. The van der Waals surface area contributed by atoms with Gasteiger partial charge in [0.2, 0.25) is 5.91 Å². The highest BCUT2D eigenvalue weighted by molar-refractivity contribution is 8.00. The van der Waals surface area contributed by atoms with Gasteiger partial charge in [-0.05, 0) is 25.5 Å². The quantitative estimate of drug-likeness (QED) is 0.594. The Morgan fingerprint density at radius 2 is 2.00 bits per heavy atom. The molecule has 2 heterocycles. The average molecular weight is 422 g/mol. The fraction of sp³-hybridized carbons (Fsp3) is 0.222. The number of carbonyl (C=O) groups excluding carboxylic acids is 1. The first kappa shape index (κ1) is 19.7. The molecule has 9 heteroatoms. The highest BCUT2D eigenvalue weighted by Gasteiger charge is 2.20. The minimum Gasteiger partial charge on any atom is -0.308 e. The molecule has 1 amide bonds. The molecule has 27 heavy (non-hydrogen) atoms. The molecule has 1 atom stereocenters. The average Bonchev–Trinajstić information content (AvgIpc) is 2.98. The second-order valence-corrected chi connectivity index (χ2v) is 7.99. The maximum atomic E-state index is 12.5. The molecule has 0 aliphatic rings. The number of aryl methyl sites for hydroxylation is 1. The maximum absolute atomic E-state index is 12.5. The molecule has 2 aromatic heterocycles. The lowest BCUT2D eigenvalue weighted by atomic mass is 10.2. The van der Waals surface area contributed by atoms with Gasteiger partial charge in [-0.1, -0.05) is 65.3 Å². The van der Waals surface area contributed by atoms with Crippen LogP contribution in [0, 0.1) is 6.92 Å². The van der Waals surface area contributed by atoms with Gasteiger partial charge in [-0.15, -0.1) is 10.2 Å². The van der Waals surface area contributed by atoms with E-state index in [1.807, 2.05) is 41.8 Å². The van der Waals surface area contributed by atoms with Crippen LogP contribution in [-0.2, 0) is 11.3 Å². The lowest BCUT2D eigenvalue weighted by Crippen LogP contribution is -2.23. The van der Waals surface area contributed by atoms with Gasteiger partial charge in [0.1, 0.15) is 5.82 Å².